The lowest BCUT2D eigenvalue weighted by atomic mass is 9.82. The van der Waals surface area contributed by atoms with E-state index in [-0.39, 0.29) is 30.0 Å². The van der Waals surface area contributed by atoms with Crippen LogP contribution in [-0.2, 0) is 16.0 Å². The minimum Gasteiger partial charge on any atom is -0.444 e. The molecule has 2 aliphatic rings. The Bertz CT molecular complexity index is 970. The number of piperidine rings is 1. The summed E-state index contributed by atoms with van der Waals surface area (Å²) in [5, 5.41) is 3.13. The second-order valence-electron chi connectivity index (χ2n) is 11.4. The summed E-state index contributed by atoms with van der Waals surface area (Å²) in [4.78, 5) is 15.0. The Morgan fingerprint density at radius 1 is 1.03 bits per heavy atom. The Morgan fingerprint density at radius 3 is 2.47 bits per heavy atom. The summed E-state index contributed by atoms with van der Waals surface area (Å²) < 4.78 is 25.6. The molecule has 5 nitrogen and oxygen atoms in total. The molecule has 6 heteroatoms. The molecule has 0 unspecified atom stereocenters. The number of carbonyl (C=O) groups is 1. The summed E-state index contributed by atoms with van der Waals surface area (Å²) in [5.41, 5.74) is 1.87. The van der Waals surface area contributed by atoms with Crippen molar-refractivity contribution < 1.29 is 18.7 Å². The highest BCUT2D eigenvalue weighted by Crippen LogP contribution is 2.34. The zero-order chi connectivity index (χ0) is 25.5. The number of benzene rings is 2. The van der Waals surface area contributed by atoms with Crippen LogP contribution in [0.3, 0.4) is 0 Å². The molecule has 2 aromatic rings. The molecule has 36 heavy (non-hydrogen) atoms. The first kappa shape index (κ1) is 26.6. The summed E-state index contributed by atoms with van der Waals surface area (Å²) >= 11 is 0. The smallest absolute Gasteiger partial charge is 0.407 e. The molecule has 0 spiro atoms. The first-order valence-corrected chi connectivity index (χ1v) is 13.4. The number of likely N-dealkylation sites (tertiary alicyclic amines) is 1. The van der Waals surface area contributed by atoms with Crippen molar-refractivity contribution in [3.05, 3.63) is 71.5 Å². The van der Waals surface area contributed by atoms with Crippen molar-refractivity contribution in [2.24, 2.45) is 5.92 Å². The number of nitrogens with zero attached hydrogens (tertiary/aromatic N) is 1. The van der Waals surface area contributed by atoms with Gasteiger partial charge in [-0.05, 0) is 82.1 Å². The Morgan fingerprint density at radius 2 is 1.78 bits per heavy atom. The van der Waals surface area contributed by atoms with Gasteiger partial charge in [0.1, 0.15) is 11.4 Å². The summed E-state index contributed by atoms with van der Waals surface area (Å²) in [7, 11) is 0. The third-order valence-corrected chi connectivity index (χ3v) is 7.31. The van der Waals surface area contributed by atoms with Crippen molar-refractivity contribution in [2.45, 2.75) is 83.1 Å². The van der Waals surface area contributed by atoms with Gasteiger partial charge in [-0.15, -0.1) is 0 Å². The van der Waals surface area contributed by atoms with Crippen LogP contribution in [0.4, 0.5) is 9.18 Å². The molecule has 2 fully saturated rings. The minimum absolute atomic E-state index is 0.0236. The number of hydrogen-bond donors (Lipinski definition) is 1. The van der Waals surface area contributed by atoms with Crippen molar-refractivity contribution in [1.82, 2.24) is 10.2 Å². The first-order valence-electron chi connectivity index (χ1n) is 13.4. The fourth-order valence-electron chi connectivity index (χ4n) is 5.49. The molecule has 2 atom stereocenters. The van der Waals surface area contributed by atoms with Crippen LogP contribution >= 0.6 is 0 Å². The van der Waals surface area contributed by atoms with Crippen molar-refractivity contribution in [3.63, 3.8) is 0 Å². The van der Waals surface area contributed by atoms with Gasteiger partial charge in [0.25, 0.3) is 0 Å². The fraction of sp³-hybridized carbons (Fsp3) is 0.567. The zero-order valence-electron chi connectivity index (χ0n) is 21.9. The third-order valence-electron chi connectivity index (χ3n) is 7.31. The van der Waals surface area contributed by atoms with Crippen LogP contribution in [0.15, 0.2) is 54.6 Å². The van der Waals surface area contributed by atoms with E-state index in [1.807, 2.05) is 32.9 Å². The van der Waals surface area contributed by atoms with Gasteiger partial charge in [-0.3, -0.25) is 4.90 Å². The van der Waals surface area contributed by atoms with Gasteiger partial charge in [-0.25, -0.2) is 9.18 Å². The lowest BCUT2D eigenvalue weighted by Gasteiger charge is -2.40. The van der Waals surface area contributed by atoms with Crippen LogP contribution in [0.1, 0.15) is 69.9 Å². The van der Waals surface area contributed by atoms with Gasteiger partial charge < -0.3 is 14.8 Å². The molecule has 4 rings (SSSR count). The molecule has 196 valence electrons. The highest BCUT2D eigenvalue weighted by molar-refractivity contribution is 5.68. The predicted molar refractivity (Wildman–Crippen MR) is 140 cm³/mol. The van der Waals surface area contributed by atoms with E-state index in [1.54, 1.807) is 12.1 Å². The Balaban J connectivity index is 1.32. The summed E-state index contributed by atoms with van der Waals surface area (Å²) in [6, 6.07) is 17.5. The number of carbonyl (C=O) groups excluding carboxylic acids is 1. The molecular formula is C30H41FN2O3. The SMILES string of the molecule is CC(C)(C)OC(=O)N[C@H]1CCN(Cc2ccccc2)C[C@H]1COC1CCC(c2cccc(F)c2)CC1. The van der Waals surface area contributed by atoms with Gasteiger partial charge in [0.2, 0.25) is 0 Å². The van der Waals surface area contributed by atoms with Gasteiger partial charge in [-0.1, -0.05) is 42.5 Å². The number of alkyl carbamates (subject to hydrolysis) is 1. The maximum atomic E-state index is 13.6. The molecule has 1 amide bonds. The fourth-order valence-corrected chi connectivity index (χ4v) is 5.49. The number of nitrogens with one attached hydrogen (secondary N) is 1. The lowest BCUT2D eigenvalue weighted by Crippen LogP contribution is -2.53. The average Bonchev–Trinajstić information content (AvgIpc) is 2.84. The molecule has 1 N–H and O–H groups in total. The monoisotopic (exact) mass is 496 g/mol. The van der Waals surface area contributed by atoms with Crippen molar-refractivity contribution >= 4 is 6.09 Å². The van der Waals surface area contributed by atoms with E-state index >= 15 is 0 Å². The summed E-state index contributed by atoms with van der Waals surface area (Å²) in [6.45, 7) is 8.95. The number of ether oxygens (including phenoxy) is 2. The molecule has 2 aromatic carbocycles. The Kier molecular flexibility index (Phi) is 9.02. The molecule has 0 radical (unpaired) electrons. The van der Waals surface area contributed by atoms with E-state index in [9.17, 15) is 9.18 Å². The van der Waals surface area contributed by atoms with E-state index in [2.05, 4.69) is 34.5 Å². The summed E-state index contributed by atoms with van der Waals surface area (Å²) in [5.74, 6) is 0.431. The van der Waals surface area contributed by atoms with E-state index < -0.39 is 5.60 Å². The van der Waals surface area contributed by atoms with Crippen molar-refractivity contribution in [2.75, 3.05) is 19.7 Å². The zero-order valence-corrected chi connectivity index (χ0v) is 21.9. The van der Waals surface area contributed by atoms with Gasteiger partial charge in [0.15, 0.2) is 0 Å². The van der Waals surface area contributed by atoms with Gasteiger partial charge in [0, 0.05) is 31.6 Å². The van der Waals surface area contributed by atoms with E-state index in [1.165, 1.54) is 11.6 Å². The van der Waals surface area contributed by atoms with Crippen LogP contribution in [0.2, 0.25) is 0 Å². The topological polar surface area (TPSA) is 50.8 Å². The highest BCUT2D eigenvalue weighted by Gasteiger charge is 2.33. The average molecular weight is 497 g/mol. The largest absolute Gasteiger partial charge is 0.444 e. The standard InChI is InChI=1S/C30H41FN2O3/c1-30(2,3)36-29(34)32-28-16-17-33(19-22-8-5-4-6-9-22)20-25(28)21-35-27-14-12-23(13-15-27)24-10-7-11-26(31)18-24/h4-11,18,23,25,27-28H,12-17,19-21H2,1-3H3,(H,32,34)/t23?,25-,27?,28-/m0/s1. The highest BCUT2D eigenvalue weighted by atomic mass is 19.1. The maximum Gasteiger partial charge on any atom is 0.407 e. The number of rotatable bonds is 7. The van der Waals surface area contributed by atoms with Crippen LogP contribution < -0.4 is 5.32 Å². The van der Waals surface area contributed by atoms with Crippen LogP contribution in [0.5, 0.6) is 0 Å². The normalized spacial score (nSPS) is 25.3. The molecule has 0 aromatic heterocycles. The lowest BCUT2D eigenvalue weighted by molar-refractivity contribution is -0.0220. The second kappa shape index (κ2) is 12.2. The predicted octanol–water partition coefficient (Wildman–Crippen LogP) is 6.28. The quantitative estimate of drug-likeness (QED) is 0.490. The minimum atomic E-state index is -0.523. The number of hydrogen-bond acceptors (Lipinski definition) is 4. The maximum absolute atomic E-state index is 13.6. The molecule has 1 saturated heterocycles. The molecule has 1 aliphatic carbocycles. The van der Waals surface area contributed by atoms with Gasteiger partial charge in [-0.2, -0.15) is 0 Å². The van der Waals surface area contributed by atoms with E-state index in [0.29, 0.717) is 12.5 Å². The molecule has 1 heterocycles. The van der Waals surface area contributed by atoms with Crippen LogP contribution in [-0.4, -0.2) is 48.4 Å². The van der Waals surface area contributed by atoms with Crippen molar-refractivity contribution in [1.29, 1.82) is 0 Å². The van der Waals surface area contributed by atoms with Crippen LogP contribution in [0.25, 0.3) is 0 Å². The number of amides is 1. The Labute approximate surface area is 215 Å². The molecule has 1 aliphatic heterocycles. The first-order chi connectivity index (χ1) is 17.2. The van der Waals surface area contributed by atoms with E-state index in [4.69, 9.17) is 9.47 Å². The summed E-state index contributed by atoms with van der Waals surface area (Å²) in [6.07, 6.45) is 4.70. The van der Waals surface area contributed by atoms with Gasteiger partial charge >= 0.3 is 6.09 Å². The van der Waals surface area contributed by atoms with Crippen LogP contribution in [0, 0.1) is 11.7 Å². The van der Waals surface area contributed by atoms with E-state index in [0.717, 1.165) is 57.3 Å². The van der Waals surface area contributed by atoms with Crippen molar-refractivity contribution in [3.8, 4) is 0 Å². The Hall–Kier alpha value is -2.44. The number of halogens is 1. The third kappa shape index (κ3) is 8.04. The molecule has 0 bridgehead atoms. The van der Waals surface area contributed by atoms with Gasteiger partial charge in [0.05, 0.1) is 12.7 Å². The molecule has 1 saturated carbocycles. The molecular weight excluding hydrogens is 455 g/mol. The second-order valence-corrected chi connectivity index (χ2v) is 11.4.